The van der Waals surface area contributed by atoms with E-state index in [1.54, 1.807) is 12.1 Å². The second-order valence-electron chi connectivity index (χ2n) is 5.61. The Bertz CT molecular complexity index is 1140. The van der Waals surface area contributed by atoms with Crippen molar-refractivity contribution >= 4 is 19.8 Å². The lowest BCUT2D eigenvalue weighted by atomic mass is 10.2. The summed E-state index contributed by atoms with van der Waals surface area (Å²) in [5.74, 6) is -0.592. The molecule has 0 saturated heterocycles. The van der Waals surface area contributed by atoms with Gasteiger partial charge in [0.15, 0.2) is 0 Å². The first kappa shape index (κ1) is 19.2. The van der Waals surface area contributed by atoms with E-state index in [-0.39, 0.29) is 15.4 Å². The van der Waals surface area contributed by atoms with Gasteiger partial charge in [0.2, 0.25) is 5.50 Å². The molecule has 2 atom stereocenters. The molecule has 0 aliphatic carbocycles. The maximum Gasteiger partial charge on any atom is 0.290 e. The van der Waals surface area contributed by atoms with E-state index in [0.717, 1.165) is 24.3 Å². The van der Waals surface area contributed by atoms with Gasteiger partial charge in [-0.2, -0.15) is 8.42 Å². The molecule has 27 heavy (non-hydrogen) atoms. The Kier molecular flexibility index (Phi) is 5.38. The molecule has 0 radical (unpaired) electrons. The SMILES string of the molecule is O=S(=O)(N=[S@@](=O)(c1ccccc1)[C@H](F)c1ccc(F)cc1)c1ccccc1. The third-order valence-electron chi connectivity index (χ3n) is 3.74. The third kappa shape index (κ3) is 4.06. The van der Waals surface area contributed by atoms with E-state index >= 15 is 4.39 Å². The van der Waals surface area contributed by atoms with Crippen LogP contribution in [0.3, 0.4) is 0 Å². The molecule has 0 aromatic heterocycles. The number of alkyl halides is 1. The van der Waals surface area contributed by atoms with Crippen molar-refractivity contribution in [3.8, 4) is 0 Å². The van der Waals surface area contributed by atoms with Crippen LogP contribution in [-0.2, 0) is 19.8 Å². The zero-order valence-electron chi connectivity index (χ0n) is 13.9. The summed E-state index contributed by atoms with van der Waals surface area (Å²) in [6.45, 7) is 0. The van der Waals surface area contributed by atoms with Crippen LogP contribution in [0.2, 0.25) is 0 Å². The topological polar surface area (TPSA) is 63.6 Å². The minimum absolute atomic E-state index is 0.0682. The van der Waals surface area contributed by atoms with Crippen LogP contribution in [0.5, 0.6) is 0 Å². The molecular weight excluding hydrogens is 392 g/mol. The van der Waals surface area contributed by atoms with Crippen molar-refractivity contribution < 1.29 is 21.4 Å². The quantitative estimate of drug-likeness (QED) is 0.615. The number of hydrogen-bond donors (Lipinski definition) is 0. The average molecular weight is 407 g/mol. The highest BCUT2D eigenvalue weighted by atomic mass is 32.3. The molecule has 8 heteroatoms. The van der Waals surface area contributed by atoms with Gasteiger partial charge in [0.1, 0.15) is 15.5 Å². The number of benzene rings is 3. The largest absolute Gasteiger partial charge is 0.290 e. The van der Waals surface area contributed by atoms with Crippen LogP contribution in [0.25, 0.3) is 0 Å². The van der Waals surface area contributed by atoms with Gasteiger partial charge in [-0.05, 0) is 36.4 Å². The van der Waals surface area contributed by atoms with Crippen LogP contribution < -0.4 is 0 Å². The van der Waals surface area contributed by atoms with Crippen molar-refractivity contribution in [3.63, 3.8) is 0 Å². The lowest BCUT2D eigenvalue weighted by Crippen LogP contribution is -2.13. The highest BCUT2D eigenvalue weighted by Crippen LogP contribution is 2.34. The van der Waals surface area contributed by atoms with Gasteiger partial charge in [0.25, 0.3) is 10.0 Å². The second-order valence-corrected chi connectivity index (χ2v) is 9.65. The monoisotopic (exact) mass is 407 g/mol. The highest BCUT2D eigenvalue weighted by molar-refractivity contribution is 8.03. The van der Waals surface area contributed by atoms with E-state index in [1.165, 1.54) is 48.5 Å². The fourth-order valence-electron chi connectivity index (χ4n) is 2.40. The molecule has 3 aromatic carbocycles. The lowest BCUT2D eigenvalue weighted by molar-refractivity contribution is 0.449. The zero-order valence-corrected chi connectivity index (χ0v) is 15.5. The maximum atomic E-state index is 15.3. The van der Waals surface area contributed by atoms with E-state index in [2.05, 4.69) is 3.77 Å². The van der Waals surface area contributed by atoms with E-state index in [0.29, 0.717) is 0 Å². The summed E-state index contributed by atoms with van der Waals surface area (Å²) in [5, 5.41) is 0. The first-order valence-electron chi connectivity index (χ1n) is 7.85. The summed E-state index contributed by atoms with van der Waals surface area (Å²) in [4.78, 5) is -0.263. The van der Waals surface area contributed by atoms with Gasteiger partial charge in [-0.25, -0.2) is 13.0 Å². The molecule has 0 unspecified atom stereocenters. The summed E-state index contributed by atoms with van der Waals surface area (Å²) < 4.78 is 70.8. The van der Waals surface area contributed by atoms with Crippen LogP contribution in [0, 0.1) is 5.82 Å². The predicted molar refractivity (Wildman–Crippen MR) is 99.2 cm³/mol. The Hall–Kier alpha value is -2.58. The van der Waals surface area contributed by atoms with Crippen LogP contribution in [0.4, 0.5) is 8.78 Å². The first-order chi connectivity index (χ1) is 12.8. The Morgan fingerprint density at radius 2 is 1.19 bits per heavy atom. The van der Waals surface area contributed by atoms with Crippen LogP contribution >= 0.6 is 0 Å². The molecule has 3 rings (SSSR count). The van der Waals surface area contributed by atoms with Crippen molar-refractivity contribution in [1.82, 2.24) is 0 Å². The Labute approximate surface area is 156 Å². The second kappa shape index (κ2) is 7.58. The molecule has 3 aromatic rings. The number of sulfonamides is 1. The molecule has 0 N–H and O–H groups in total. The fourth-order valence-corrected chi connectivity index (χ4v) is 6.37. The van der Waals surface area contributed by atoms with Crippen LogP contribution in [0.1, 0.15) is 11.1 Å². The molecule has 140 valence electrons. The summed E-state index contributed by atoms with van der Waals surface area (Å²) in [7, 11) is -8.46. The molecular formula is C19H15F2NO3S2. The average Bonchev–Trinajstić information content (AvgIpc) is 2.69. The molecule has 0 fully saturated rings. The van der Waals surface area contributed by atoms with Gasteiger partial charge in [-0.15, -0.1) is 0 Å². The van der Waals surface area contributed by atoms with Gasteiger partial charge in [0, 0.05) is 5.56 Å². The van der Waals surface area contributed by atoms with E-state index in [9.17, 15) is 17.0 Å². The van der Waals surface area contributed by atoms with Crippen molar-refractivity contribution in [3.05, 3.63) is 96.3 Å². The summed E-state index contributed by atoms with van der Waals surface area (Å²) in [5.41, 5.74) is -2.39. The molecule has 0 aliphatic heterocycles. The van der Waals surface area contributed by atoms with Gasteiger partial charge in [-0.3, -0.25) is 0 Å². The molecule has 0 heterocycles. The number of nitrogens with zero attached hydrogens (tertiary/aromatic N) is 1. The van der Waals surface area contributed by atoms with Crippen molar-refractivity contribution in [2.24, 2.45) is 3.77 Å². The zero-order chi connectivity index (χ0) is 19.5. The molecule has 0 amide bonds. The van der Waals surface area contributed by atoms with Crippen molar-refractivity contribution in [1.29, 1.82) is 0 Å². The van der Waals surface area contributed by atoms with Gasteiger partial charge < -0.3 is 0 Å². The van der Waals surface area contributed by atoms with E-state index in [4.69, 9.17) is 0 Å². The van der Waals surface area contributed by atoms with Gasteiger partial charge >= 0.3 is 0 Å². The minimum atomic E-state index is -4.39. The van der Waals surface area contributed by atoms with Crippen LogP contribution in [0.15, 0.2) is 98.5 Å². The highest BCUT2D eigenvalue weighted by Gasteiger charge is 2.30. The third-order valence-corrected chi connectivity index (χ3v) is 8.06. The molecule has 0 spiro atoms. The Morgan fingerprint density at radius 1 is 0.704 bits per heavy atom. The van der Waals surface area contributed by atoms with Gasteiger partial charge in [-0.1, -0.05) is 52.3 Å². The van der Waals surface area contributed by atoms with Crippen LogP contribution in [-0.4, -0.2) is 12.6 Å². The van der Waals surface area contributed by atoms with Gasteiger partial charge in [0.05, 0.1) is 9.79 Å². The molecule has 0 bridgehead atoms. The van der Waals surface area contributed by atoms with Crippen molar-refractivity contribution in [2.75, 3.05) is 0 Å². The molecule has 4 nitrogen and oxygen atoms in total. The summed E-state index contributed by atoms with van der Waals surface area (Å²) >= 11 is 0. The standard InChI is InChI=1S/C19H15F2NO3S2/c20-16-13-11-15(12-14-16)19(21)26(23,17-7-3-1-4-8-17)22-27(24,25)18-9-5-2-6-10-18/h1-14,19H/t19-,26+/m0/s1. The predicted octanol–water partition coefficient (Wildman–Crippen LogP) is 4.71. The van der Waals surface area contributed by atoms with Crippen molar-refractivity contribution in [2.45, 2.75) is 15.3 Å². The molecule has 0 aliphatic rings. The summed E-state index contributed by atoms with van der Waals surface area (Å²) in [6.07, 6.45) is 0. The summed E-state index contributed by atoms with van der Waals surface area (Å²) in [6, 6.07) is 18.8. The fraction of sp³-hybridized carbons (Fsp3) is 0.0526. The Morgan fingerprint density at radius 3 is 1.70 bits per heavy atom. The number of hydrogen-bond acceptors (Lipinski definition) is 3. The minimum Gasteiger partial charge on any atom is -0.240 e. The maximum absolute atomic E-state index is 15.3. The lowest BCUT2D eigenvalue weighted by Gasteiger charge is -2.15. The number of rotatable bonds is 5. The number of halogens is 2. The Balaban J connectivity index is 2.23. The smallest absolute Gasteiger partial charge is 0.240 e. The normalized spacial score (nSPS) is 14.9. The van der Waals surface area contributed by atoms with E-state index in [1.807, 2.05) is 0 Å². The van der Waals surface area contributed by atoms with E-state index < -0.39 is 31.1 Å². The molecule has 0 saturated carbocycles. The first-order valence-corrected chi connectivity index (χ1v) is 10.9.